The van der Waals surface area contributed by atoms with E-state index in [1.807, 2.05) is 0 Å². The number of hydrogen-bond donors (Lipinski definition) is 1. The molecule has 1 aliphatic heterocycles. The summed E-state index contributed by atoms with van der Waals surface area (Å²) in [6.07, 6.45) is 1.74. The number of rotatable bonds is 3. The van der Waals surface area contributed by atoms with Crippen LogP contribution in [0.5, 0.6) is 11.5 Å². The zero-order chi connectivity index (χ0) is 16.6. The Hall–Kier alpha value is -1.93. The van der Waals surface area contributed by atoms with Crippen LogP contribution in [0.4, 0.5) is 5.69 Å². The molecule has 1 unspecified atom stereocenters. The quantitative estimate of drug-likeness (QED) is 0.584. The molecule has 0 bridgehead atoms. The molecule has 2 heterocycles. The molecule has 23 heavy (non-hydrogen) atoms. The number of benzene rings is 1. The predicted octanol–water partition coefficient (Wildman–Crippen LogP) is 3.20. The molecule has 0 radical (unpaired) electrons. The van der Waals surface area contributed by atoms with Crippen LogP contribution in [-0.2, 0) is 4.79 Å². The summed E-state index contributed by atoms with van der Waals surface area (Å²) in [5, 5.41) is 2.62. The third-order valence-electron chi connectivity index (χ3n) is 3.25. The maximum absolute atomic E-state index is 12.6. The number of anilines is 1. The van der Waals surface area contributed by atoms with Crippen molar-refractivity contribution in [3.63, 3.8) is 0 Å². The van der Waals surface area contributed by atoms with Crippen molar-refractivity contribution in [1.82, 2.24) is 4.98 Å². The molecule has 3 rings (SSSR count). The van der Waals surface area contributed by atoms with Gasteiger partial charge in [0.2, 0.25) is 11.9 Å². The molecule has 1 aromatic carbocycles. The molecule has 118 valence electrons. The van der Waals surface area contributed by atoms with Crippen LogP contribution in [0.15, 0.2) is 39.5 Å². The van der Waals surface area contributed by atoms with Gasteiger partial charge in [-0.2, -0.15) is 0 Å². The van der Waals surface area contributed by atoms with Crippen molar-refractivity contribution >= 4 is 49.2 Å². The minimum Gasteiger partial charge on any atom is -0.494 e. The van der Waals surface area contributed by atoms with E-state index in [9.17, 15) is 9.59 Å². The van der Waals surface area contributed by atoms with Crippen LogP contribution in [0.25, 0.3) is 0 Å². The topological polar surface area (TPSA) is 77.5 Å². The molecule has 1 aromatic heterocycles. The summed E-state index contributed by atoms with van der Waals surface area (Å²) in [5.41, 5.74) is 0.765. The SMILES string of the molecule is COc1c(Br)cc(C(=O)C2Oc3ccncc3NC2=O)cc1Br. The molecule has 0 saturated carbocycles. The largest absolute Gasteiger partial charge is 0.494 e. The first-order valence-electron chi connectivity index (χ1n) is 6.50. The maximum atomic E-state index is 12.6. The molecule has 1 N–H and O–H groups in total. The number of ether oxygens (including phenoxy) is 2. The van der Waals surface area contributed by atoms with Crippen LogP contribution in [0.2, 0.25) is 0 Å². The maximum Gasteiger partial charge on any atom is 0.273 e. The van der Waals surface area contributed by atoms with Gasteiger partial charge in [0, 0.05) is 17.8 Å². The van der Waals surface area contributed by atoms with Gasteiger partial charge in [-0.15, -0.1) is 0 Å². The molecule has 1 aliphatic rings. The predicted molar refractivity (Wildman–Crippen MR) is 90.0 cm³/mol. The molecular formula is C15H10Br2N2O4. The van der Waals surface area contributed by atoms with Gasteiger partial charge in [0.15, 0.2) is 0 Å². The number of halogens is 2. The summed E-state index contributed by atoms with van der Waals surface area (Å²) in [6.45, 7) is 0. The smallest absolute Gasteiger partial charge is 0.273 e. The Labute approximate surface area is 148 Å². The molecule has 0 saturated heterocycles. The van der Waals surface area contributed by atoms with Crippen LogP contribution in [-0.4, -0.2) is 29.9 Å². The summed E-state index contributed by atoms with van der Waals surface area (Å²) >= 11 is 6.67. The van der Waals surface area contributed by atoms with Crippen molar-refractivity contribution in [2.75, 3.05) is 12.4 Å². The summed E-state index contributed by atoms with van der Waals surface area (Å²) < 4.78 is 11.9. The Bertz CT molecular complexity index is 787. The van der Waals surface area contributed by atoms with Crippen molar-refractivity contribution in [3.8, 4) is 11.5 Å². The molecule has 2 aromatic rings. The first-order chi connectivity index (χ1) is 11.0. The summed E-state index contributed by atoms with van der Waals surface area (Å²) in [4.78, 5) is 28.7. The van der Waals surface area contributed by atoms with E-state index in [4.69, 9.17) is 9.47 Å². The molecule has 1 atom stereocenters. The molecule has 0 fully saturated rings. The van der Waals surface area contributed by atoms with Gasteiger partial charge in [-0.3, -0.25) is 14.6 Å². The molecule has 1 amide bonds. The van der Waals surface area contributed by atoms with Gasteiger partial charge in [-0.05, 0) is 44.0 Å². The van der Waals surface area contributed by atoms with Crippen LogP contribution < -0.4 is 14.8 Å². The number of ketones is 1. The second-order valence-electron chi connectivity index (χ2n) is 4.70. The fourth-order valence-corrected chi connectivity index (χ4v) is 3.69. The van der Waals surface area contributed by atoms with Gasteiger partial charge in [0.25, 0.3) is 5.91 Å². The van der Waals surface area contributed by atoms with Crippen LogP contribution >= 0.6 is 31.9 Å². The number of aromatic nitrogens is 1. The van der Waals surface area contributed by atoms with Gasteiger partial charge in [0.1, 0.15) is 17.2 Å². The number of hydrogen-bond acceptors (Lipinski definition) is 5. The highest BCUT2D eigenvalue weighted by Gasteiger charge is 2.35. The number of nitrogens with zero attached hydrogens (tertiary/aromatic N) is 1. The zero-order valence-electron chi connectivity index (χ0n) is 11.8. The number of amides is 1. The lowest BCUT2D eigenvalue weighted by molar-refractivity contribution is -0.121. The standard InChI is InChI=1S/C15H10Br2N2O4/c1-22-13-8(16)4-7(5-9(13)17)12(20)14-15(21)19-10-6-18-3-2-11(10)23-14/h2-6,14H,1H3,(H,19,21). The highest BCUT2D eigenvalue weighted by atomic mass is 79.9. The van der Waals surface area contributed by atoms with Gasteiger partial charge < -0.3 is 14.8 Å². The average molecular weight is 442 g/mol. The van der Waals surface area contributed by atoms with Crippen LogP contribution in [0.3, 0.4) is 0 Å². The summed E-state index contributed by atoms with van der Waals surface area (Å²) in [7, 11) is 1.52. The average Bonchev–Trinajstić information content (AvgIpc) is 2.53. The second-order valence-corrected chi connectivity index (χ2v) is 6.41. The van der Waals surface area contributed by atoms with Gasteiger partial charge in [-0.25, -0.2) is 0 Å². The van der Waals surface area contributed by atoms with Crippen molar-refractivity contribution in [3.05, 3.63) is 45.1 Å². The van der Waals surface area contributed by atoms with Crippen LogP contribution in [0.1, 0.15) is 10.4 Å². The third-order valence-corrected chi connectivity index (χ3v) is 4.43. The van der Waals surface area contributed by atoms with E-state index >= 15 is 0 Å². The fraction of sp³-hybridized carbons (Fsp3) is 0.133. The van der Waals surface area contributed by atoms with E-state index < -0.39 is 17.8 Å². The molecule has 6 nitrogen and oxygen atoms in total. The highest BCUT2D eigenvalue weighted by Crippen LogP contribution is 2.35. The molecule has 0 aliphatic carbocycles. The Morgan fingerprint density at radius 1 is 1.35 bits per heavy atom. The van der Waals surface area contributed by atoms with Gasteiger partial charge in [-0.1, -0.05) is 0 Å². The molecular weight excluding hydrogens is 432 g/mol. The van der Waals surface area contributed by atoms with Crippen molar-refractivity contribution in [1.29, 1.82) is 0 Å². The minimum absolute atomic E-state index is 0.321. The Kier molecular flexibility index (Phi) is 4.36. The van der Waals surface area contributed by atoms with E-state index in [-0.39, 0.29) is 0 Å². The fourth-order valence-electron chi connectivity index (χ4n) is 2.18. The lowest BCUT2D eigenvalue weighted by atomic mass is 10.0. The van der Waals surface area contributed by atoms with E-state index in [0.717, 1.165) is 0 Å². The summed E-state index contributed by atoms with van der Waals surface area (Å²) in [6, 6.07) is 4.77. The van der Waals surface area contributed by atoms with Gasteiger partial charge >= 0.3 is 0 Å². The Balaban J connectivity index is 1.94. The number of Topliss-reactive ketones (excluding diaryl/α,β-unsaturated/α-hetero) is 1. The number of carbonyl (C=O) groups excluding carboxylic acids is 2. The highest BCUT2D eigenvalue weighted by molar-refractivity contribution is 9.11. The Morgan fingerprint density at radius 3 is 2.70 bits per heavy atom. The number of fused-ring (bicyclic) bond motifs is 1. The van der Waals surface area contributed by atoms with Crippen molar-refractivity contribution < 1.29 is 19.1 Å². The monoisotopic (exact) mass is 440 g/mol. The van der Waals surface area contributed by atoms with E-state index in [2.05, 4.69) is 42.2 Å². The first-order valence-corrected chi connectivity index (χ1v) is 8.08. The van der Waals surface area contributed by atoms with Crippen molar-refractivity contribution in [2.45, 2.75) is 6.10 Å². The first kappa shape index (κ1) is 15.9. The second kappa shape index (κ2) is 6.29. The lowest BCUT2D eigenvalue weighted by Gasteiger charge is -2.24. The molecule has 0 spiro atoms. The van der Waals surface area contributed by atoms with E-state index in [0.29, 0.717) is 31.7 Å². The number of methoxy groups -OCH3 is 1. The van der Waals surface area contributed by atoms with E-state index in [1.54, 1.807) is 18.2 Å². The number of pyridine rings is 1. The number of carbonyl (C=O) groups is 2. The Morgan fingerprint density at radius 2 is 2.04 bits per heavy atom. The zero-order valence-corrected chi connectivity index (χ0v) is 15.0. The lowest BCUT2D eigenvalue weighted by Crippen LogP contribution is -2.43. The van der Waals surface area contributed by atoms with E-state index in [1.165, 1.54) is 19.5 Å². The normalized spacial score (nSPS) is 16.1. The van der Waals surface area contributed by atoms with Crippen LogP contribution in [0, 0.1) is 0 Å². The van der Waals surface area contributed by atoms with Gasteiger partial charge in [0.05, 0.1) is 22.3 Å². The molecule has 8 heteroatoms. The van der Waals surface area contributed by atoms with Crippen molar-refractivity contribution in [2.24, 2.45) is 0 Å². The minimum atomic E-state index is -1.25. The summed E-state index contributed by atoms with van der Waals surface area (Å²) in [5.74, 6) is -0.0100. The third kappa shape index (κ3) is 2.96. The number of nitrogens with one attached hydrogen (secondary N) is 1.